The molecule has 0 N–H and O–H groups in total. The van der Waals surface area contributed by atoms with Gasteiger partial charge in [-0.3, -0.25) is 0 Å². The predicted molar refractivity (Wildman–Crippen MR) is 97.6 cm³/mol. The summed E-state index contributed by atoms with van der Waals surface area (Å²) in [5.41, 5.74) is 2.92. The molecule has 0 aliphatic heterocycles. The predicted octanol–water partition coefficient (Wildman–Crippen LogP) is 4.74. The minimum atomic E-state index is 0.494. The molecule has 0 aliphatic rings. The molecule has 0 fully saturated rings. The largest absolute Gasteiger partial charge is 0.419 e. The Labute approximate surface area is 150 Å². The van der Waals surface area contributed by atoms with Crippen molar-refractivity contribution in [1.82, 2.24) is 19.7 Å². The lowest BCUT2D eigenvalue weighted by atomic mass is 10.2. The van der Waals surface area contributed by atoms with Crippen LogP contribution in [0.1, 0.15) is 25.1 Å². The average Bonchev–Trinajstić information content (AvgIpc) is 3.22. The van der Waals surface area contributed by atoms with E-state index in [0.29, 0.717) is 23.3 Å². The van der Waals surface area contributed by atoms with Gasteiger partial charge in [-0.25, -0.2) is 4.98 Å². The fourth-order valence-corrected chi connectivity index (χ4v) is 3.00. The summed E-state index contributed by atoms with van der Waals surface area (Å²) in [5.74, 6) is 2.09. The quantitative estimate of drug-likeness (QED) is 0.520. The van der Waals surface area contributed by atoms with Crippen molar-refractivity contribution in [2.24, 2.45) is 0 Å². The summed E-state index contributed by atoms with van der Waals surface area (Å²) in [6.45, 7) is 2.66. The SMILES string of the molecule is CCCc1nc2ccccc2n1Cc1nnc(-c2ccc(Cl)cc2)o1. The Balaban J connectivity index is 1.67. The van der Waals surface area contributed by atoms with Crippen LogP contribution < -0.4 is 0 Å². The topological polar surface area (TPSA) is 56.7 Å². The Kier molecular flexibility index (Phi) is 4.24. The minimum absolute atomic E-state index is 0.494. The summed E-state index contributed by atoms with van der Waals surface area (Å²) in [4.78, 5) is 4.73. The highest BCUT2D eigenvalue weighted by atomic mass is 35.5. The van der Waals surface area contributed by atoms with Gasteiger partial charge in [-0.15, -0.1) is 10.2 Å². The number of nitrogens with zero attached hydrogens (tertiary/aromatic N) is 4. The van der Waals surface area contributed by atoms with Crippen LogP contribution in [0.4, 0.5) is 0 Å². The zero-order chi connectivity index (χ0) is 17.2. The van der Waals surface area contributed by atoms with Crippen LogP contribution in [-0.4, -0.2) is 19.7 Å². The first-order valence-corrected chi connectivity index (χ1v) is 8.65. The molecule has 2 heterocycles. The summed E-state index contributed by atoms with van der Waals surface area (Å²) in [6.07, 6.45) is 1.94. The van der Waals surface area contributed by atoms with E-state index in [1.165, 1.54) is 0 Å². The van der Waals surface area contributed by atoms with E-state index in [1.54, 1.807) is 0 Å². The molecule has 2 aromatic heterocycles. The Morgan fingerprint density at radius 3 is 2.64 bits per heavy atom. The molecular formula is C19H17ClN4O. The van der Waals surface area contributed by atoms with E-state index in [9.17, 15) is 0 Å². The number of imidazole rings is 1. The summed E-state index contributed by atoms with van der Waals surface area (Å²) in [6, 6.07) is 15.5. The first kappa shape index (κ1) is 15.8. The van der Waals surface area contributed by atoms with Crippen LogP contribution in [0.2, 0.25) is 5.02 Å². The highest BCUT2D eigenvalue weighted by Gasteiger charge is 2.14. The van der Waals surface area contributed by atoms with Crippen molar-refractivity contribution >= 4 is 22.6 Å². The number of aromatic nitrogens is 4. The molecule has 4 aromatic rings. The fraction of sp³-hybridized carbons (Fsp3) is 0.211. The van der Waals surface area contributed by atoms with Gasteiger partial charge in [0.05, 0.1) is 11.0 Å². The smallest absolute Gasteiger partial charge is 0.247 e. The van der Waals surface area contributed by atoms with E-state index >= 15 is 0 Å². The van der Waals surface area contributed by atoms with Crippen molar-refractivity contribution < 1.29 is 4.42 Å². The first-order valence-electron chi connectivity index (χ1n) is 8.27. The van der Waals surface area contributed by atoms with Gasteiger partial charge in [0, 0.05) is 17.0 Å². The molecule has 0 atom stereocenters. The van der Waals surface area contributed by atoms with Crippen molar-refractivity contribution in [3.8, 4) is 11.5 Å². The molecule has 0 aliphatic carbocycles. The molecule has 5 nitrogen and oxygen atoms in total. The molecule has 6 heteroatoms. The van der Waals surface area contributed by atoms with Gasteiger partial charge in [0.25, 0.3) is 0 Å². The highest BCUT2D eigenvalue weighted by molar-refractivity contribution is 6.30. The van der Waals surface area contributed by atoms with Crippen LogP contribution in [0.25, 0.3) is 22.5 Å². The molecular weight excluding hydrogens is 336 g/mol. The fourth-order valence-electron chi connectivity index (χ4n) is 2.88. The Morgan fingerprint density at radius 2 is 1.84 bits per heavy atom. The second kappa shape index (κ2) is 6.69. The van der Waals surface area contributed by atoms with Gasteiger partial charge in [-0.2, -0.15) is 0 Å². The lowest BCUT2D eigenvalue weighted by molar-refractivity contribution is 0.486. The van der Waals surface area contributed by atoms with Gasteiger partial charge in [-0.1, -0.05) is 30.7 Å². The third kappa shape index (κ3) is 3.15. The van der Waals surface area contributed by atoms with Crippen molar-refractivity contribution in [2.45, 2.75) is 26.3 Å². The van der Waals surface area contributed by atoms with Gasteiger partial charge >= 0.3 is 0 Å². The van der Waals surface area contributed by atoms with Crippen LogP contribution in [0.3, 0.4) is 0 Å². The Hall–Kier alpha value is -2.66. The second-order valence-corrected chi connectivity index (χ2v) is 6.30. The molecule has 4 rings (SSSR count). The van der Waals surface area contributed by atoms with Crippen LogP contribution in [0, 0.1) is 0 Å². The summed E-state index contributed by atoms with van der Waals surface area (Å²) >= 11 is 5.92. The molecule has 0 spiro atoms. The summed E-state index contributed by atoms with van der Waals surface area (Å²) < 4.78 is 8.00. The standard InChI is InChI=1S/C19H17ClN4O/c1-2-5-17-21-15-6-3-4-7-16(15)24(17)12-18-22-23-19(25-18)13-8-10-14(20)11-9-13/h3-4,6-11H,2,5,12H2,1H3. The third-order valence-electron chi connectivity index (χ3n) is 4.06. The molecule has 0 amide bonds. The van der Waals surface area contributed by atoms with Gasteiger partial charge in [0.1, 0.15) is 12.4 Å². The average molecular weight is 353 g/mol. The van der Waals surface area contributed by atoms with Gasteiger partial charge < -0.3 is 8.98 Å². The number of rotatable bonds is 5. The number of para-hydroxylation sites is 2. The van der Waals surface area contributed by atoms with Crippen LogP contribution in [0.15, 0.2) is 52.9 Å². The monoisotopic (exact) mass is 352 g/mol. The van der Waals surface area contributed by atoms with E-state index in [0.717, 1.165) is 35.3 Å². The maximum absolute atomic E-state index is 5.92. The van der Waals surface area contributed by atoms with E-state index in [4.69, 9.17) is 21.0 Å². The maximum atomic E-state index is 5.92. The van der Waals surface area contributed by atoms with Crippen molar-refractivity contribution in [1.29, 1.82) is 0 Å². The van der Waals surface area contributed by atoms with Gasteiger partial charge in [-0.05, 0) is 42.8 Å². The number of hydrogen-bond acceptors (Lipinski definition) is 4. The molecule has 0 bridgehead atoms. The van der Waals surface area contributed by atoms with E-state index in [1.807, 2.05) is 42.5 Å². The normalized spacial score (nSPS) is 11.3. The molecule has 0 radical (unpaired) electrons. The number of benzene rings is 2. The molecule has 0 unspecified atom stereocenters. The molecule has 126 valence electrons. The summed E-state index contributed by atoms with van der Waals surface area (Å²) in [5, 5.41) is 9.04. The molecule has 0 saturated heterocycles. The highest BCUT2D eigenvalue weighted by Crippen LogP contribution is 2.22. The minimum Gasteiger partial charge on any atom is -0.419 e. The number of hydrogen-bond donors (Lipinski definition) is 0. The zero-order valence-electron chi connectivity index (χ0n) is 13.8. The van der Waals surface area contributed by atoms with E-state index < -0.39 is 0 Å². The second-order valence-electron chi connectivity index (χ2n) is 5.86. The molecule has 2 aromatic carbocycles. The summed E-state index contributed by atoms with van der Waals surface area (Å²) in [7, 11) is 0. The lowest BCUT2D eigenvalue weighted by Gasteiger charge is -2.05. The number of halogens is 1. The number of aryl methyl sites for hydroxylation is 1. The van der Waals surface area contributed by atoms with Crippen molar-refractivity contribution in [3.05, 3.63) is 65.3 Å². The Bertz CT molecular complexity index is 1000. The van der Waals surface area contributed by atoms with Crippen molar-refractivity contribution in [2.75, 3.05) is 0 Å². The third-order valence-corrected chi connectivity index (χ3v) is 4.31. The number of fused-ring (bicyclic) bond motifs is 1. The van der Waals surface area contributed by atoms with Gasteiger partial charge in [0.2, 0.25) is 11.8 Å². The van der Waals surface area contributed by atoms with E-state index in [-0.39, 0.29) is 0 Å². The van der Waals surface area contributed by atoms with E-state index in [2.05, 4.69) is 27.8 Å². The van der Waals surface area contributed by atoms with Gasteiger partial charge in [0.15, 0.2) is 0 Å². The van der Waals surface area contributed by atoms with Crippen LogP contribution in [0.5, 0.6) is 0 Å². The van der Waals surface area contributed by atoms with Crippen LogP contribution >= 0.6 is 11.6 Å². The zero-order valence-corrected chi connectivity index (χ0v) is 14.6. The Morgan fingerprint density at radius 1 is 1.04 bits per heavy atom. The maximum Gasteiger partial charge on any atom is 0.247 e. The molecule has 0 saturated carbocycles. The van der Waals surface area contributed by atoms with Crippen molar-refractivity contribution in [3.63, 3.8) is 0 Å². The lowest BCUT2D eigenvalue weighted by Crippen LogP contribution is -2.05. The van der Waals surface area contributed by atoms with Crippen LogP contribution in [-0.2, 0) is 13.0 Å². The first-order chi connectivity index (χ1) is 12.2. The molecule has 25 heavy (non-hydrogen) atoms.